The fourth-order valence-electron chi connectivity index (χ4n) is 2.70. The number of carbonyl (C=O) groups excluding carboxylic acids is 2. The van der Waals surface area contributed by atoms with E-state index in [2.05, 4.69) is 5.32 Å². The van der Waals surface area contributed by atoms with E-state index in [0.717, 1.165) is 16.7 Å². The molecule has 3 aromatic rings. The van der Waals surface area contributed by atoms with Crippen LogP contribution in [0.3, 0.4) is 0 Å². The molecule has 0 aliphatic rings. The third-order valence-corrected chi connectivity index (χ3v) is 5.26. The van der Waals surface area contributed by atoms with Crippen LogP contribution in [0.15, 0.2) is 53.9 Å². The van der Waals surface area contributed by atoms with E-state index in [9.17, 15) is 9.59 Å². The van der Waals surface area contributed by atoms with Crippen molar-refractivity contribution in [2.24, 2.45) is 0 Å². The van der Waals surface area contributed by atoms with Crippen molar-refractivity contribution in [3.8, 4) is 16.9 Å². The van der Waals surface area contributed by atoms with E-state index in [1.54, 1.807) is 12.1 Å². The molecule has 0 spiro atoms. The number of rotatable bonds is 6. The number of thiophene rings is 1. The third-order valence-electron chi connectivity index (χ3n) is 4.36. The summed E-state index contributed by atoms with van der Waals surface area (Å²) >= 11 is 1.29. The molecule has 0 unspecified atom stereocenters. The van der Waals surface area contributed by atoms with Gasteiger partial charge in [-0.3, -0.25) is 4.79 Å². The Balaban J connectivity index is 1.82. The van der Waals surface area contributed by atoms with Crippen LogP contribution in [0, 0.1) is 13.8 Å². The van der Waals surface area contributed by atoms with Crippen LogP contribution < -0.4 is 10.1 Å². The number of para-hydroxylation sites is 1. The second-order valence-electron chi connectivity index (χ2n) is 6.29. The molecule has 28 heavy (non-hydrogen) atoms. The summed E-state index contributed by atoms with van der Waals surface area (Å²) in [4.78, 5) is 24.7. The average Bonchev–Trinajstić information content (AvgIpc) is 3.12. The van der Waals surface area contributed by atoms with Crippen LogP contribution in [0.4, 0.5) is 5.00 Å². The molecular formula is C22H21NO4S. The highest BCUT2D eigenvalue weighted by Crippen LogP contribution is 2.36. The molecule has 0 aliphatic heterocycles. The van der Waals surface area contributed by atoms with Crippen molar-refractivity contribution in [1.29, 1.82) is 0 Å². The quantitative estimate of drug-likeness (QED) is 0.607. The monoisotopic (exact) mass is 395 g/mol. The first-order valence-corrected chi connectivity index (χ1v) is 9.62. The maximum Gasteiger partial charge on any atom is 0.341 e. The smallest absolute Gasteiger partial charge is 0.341 e. The molecule has 1 N–H and O–H groups in total. The van der Waals surface area contributed by atoms with E-state index < -0.39 is 5.97 Å². The highest BCUT2D eigenvalue weighted by Gasteiger charge is 2.22. The number of nitrogens with one attached hydrogen (secondary N) is 1. The van der Waals surface area contributed by atoms with Crippen LogP contribution in [-0.4, -0.2) is 25.6 Å². The number of benzene rings is 2. The van der Waals surface area contributed by atoms with Crippen LogP contribution in [0.5, 0.6) is 5.75 Å². The summed E-state index contributed by atoms with van der Waals surface area (Å²) in [5.41, 5.74) is 4.29. The van der Waals surface area contributed by atoms with Gasteiger partial charge in [0.05, 0.1) is 7.11 Å². The van der Waals surface area contributed by atoms with Gasteiger partial charge >= 0.3 is 5.97 Å². The molecule has 0 saturated carbocycles. The first kappa shape index (κ1) is 19.6. The molecule has 0 bridgehead atoms. The first-order chi connectivity index (χ1) is 13.5. The van der Waals surface area contributed by atoms with Crippen molar-refractivity contribution in [2.75, 3.05) is 19.0 Å². The number of esters is 1. The van der Waals surface area contributed by atoms with Crippen LogP contribution in [-0.2, 0) is 9.53 Å². The lowest BCUT2D eigenvalue weighted by Gasteiger charge is -2.10. The fraction of sp³-hybridized carbons (Fsp3) is 0.182. The Morgan fingerprint density at radius 1 is 1.04 bits per heavy atom. The minimum Gasteiger partial charge on any atom is -0.484 e. The number of hydrogen-bond donors (Lipinski definition) is 1. The normalized spacial score (nSPS) is 10.4. The Bertz CT molecular complexity index is 995. The molecule has 3 rings (SSSR count). The summed E-state index contributed by atoms with van der Waals surface area (Å²) < 4.78 is 10.4. The molecule has 0 aliphatic carbocycles. The fourth-order valence-corrected chi connectivity index (χ4v) is 3.68. The lowest BCUT2D eigenvalue weighted by molar-refractivity contribution is -0.118. The van der Waals surface area contributed by atoms with Crippen molar-refractivity contribution in [2.45, 2.75) is 13.8 Å². The molecule has 0 radical (unpaired) electrons. The van der Waals surface area contributed by atoms with E-state index in [0.29, 0.717) is 16.3 Å². The summed E-state index contributed by atoms with van der Waals surface area (Å²) in [5, 5.41) is 5.06. The van der Waals surface area contributed by atoms with Gasteiger partial charge in [0, 0.05) is 10.9 Å². The number of carbonyl (C=O) groups is 2. The minimum atomic E-state index is -0.492. The molecule has 5 nitrogen and oxygen atoms in total. The van der Waals surface area contributed by atoms with E-state index in [4.69, 9.17) is 9.47 Å². The van der Waals surface area contributed by atoms with Crippen molar-refractivity contribution in [1.82, 2.24) is 0 Å². The second-order valence-corrected chi connectivity index (χ2v) is 7.17. The van der Waals surface area contributed by atoms with Crippen molar-refractivity contribution >= 4 is 28.2 Å². The number of methoxy groups -OCH3 is 1. The number of amides is 1. The predicted octanol–water partition coefficient (Wildman–Crippen LogP) is 4.84. The summed E-state index contributed by atoms with van der Waals surface area (Å²) in [5.74, 6) is -0.232. The molecule has 1 aromatic heterocycles. The van der Waals surface area contributed by atoms with Crippen LogP contribution in [0.25, 0.3) is 11.1 Å². The Hall–Kier alpha value is -3.12. The van der Waals surface area contributed by atoms with Gasteiger partial charge in [0.25, 0.3) is 5.91 Å². The summed E-state index contributed by atoms with van der Waals surface area (Å²) in [6.45, 7) is 3.90. The zero-order chi connectivity index (χ0) is 20.1. The average molecular weight is 395 g/mol. The number of aryl methyl sites for hydroxylation is 2. The molecule has 0 saturated heterocycles. The van der Waals surface area contributed by atoms with Gasteiger partial charge in [-0.1, -0.05) is 36.4 Å². The predicted molar refractivity (Wildman–Crippen MR) is 111 cm³/mol. The van der Waals surface area contributed by atoms with E-state index in [-0.39, 0.29) is 12.5 Å². The van der Waals surface area contributed by atoms with Crippen molar-refractivity contribution < 1.29 is 19.1 Å². The molecular weight excluding hydrogens is 374 g/mol. The minimum absolute atomic E-state index is 0.151. The highest BCUT2D eigenvalue weighted by atomic mass is 32.1. The Morgan fingerprint density at radius 2 is 1.79 bits per heavy atom. The molecule has 0 atom stereocenters. The van der Waals surface area contributed by atoms with Crippen molar-refractivity contribution in [3.05, 3.63) is 70.6 Å². The van der Waals surface area contributed by atoms with Gasteiger partial charge < -0.3 is 14.8 Å². The van der Waals surface area contributed by atoms with Gasteiger partial charge in [0.1, 0.15) is 16.3 Å². The van der Waals surface area contributed by atoms with Gasteiger partial charge in [-0.2, -0.15) is 0 Å². The summed E-state index contributed by atoms with van der Waals surface area (Å²) in [6, 6.07) is 15.1. The first-order valence-electron chi connectivity index (χ1n) is 8.74. The molecule has 6 heteroatoms. The van der Waals surface area contributed by atoms with Gasteiger partial charge in [0.2, 0.25) is 0 Å². The second kappa shape index (κ2) is 8.71. The number of anilines is 1. The topological polar surface area (TPSA) is 64.6 Å². The van der Waals surface area contributed by atoms with E-state index in [1.165, 1.54) is 24.0 Å². The van der Waals surface area contributed by atoms with Gasteiger partial charge in [-0.15, -0.1) is 11.3 Å². The van der Waals surface area contributed by atoms with E-state index in [1.807, 2.05) is 55.6 Å². The zero-order valence-corrected chi connectivity index (χ0v) is 16.8. The van der Waals surface area contributed by atoms with E-state index >= 15 is 0 Å². The van der Waals surface area contributed by atoms with Gasteiger partial charge in [-0.25, -0.2) is 4.79 Å². The Labute approximate surface area is 167 Å². The van der Waals surface area contributed by atoms with Gasteiger partial charge in [-0.05, 0) is 42.7 Å². The lowest BCUT2D eigenvalue weighted by atomic mass is 9.99. The van der Waals surface area contributed by atoms with Crippen LogP contribution in [0.2, 0.25) is 0 Å². The number of hydrogen-bond acceptors (Lipinski definition) is 5. The Morgan fingerprint density at radius 3 is 2.46 bits per heavy atom. The SMILES string of the molecule is COC(=O)c1c(-c2ccc(C)c(C)c2)csc1NC(=O)COc1ccccc1. The number of ether oxygens (including phenoxy) is 2. The Kier molecular flexibility index (Phi) is 6.11. The van der Waals surface area contributed by atoms with Gasteiger partial charge in [0.15, 0.2) is 6.61 Å². The molecule has 1 heterocycles. The summed E-state index contributed by atoms with van der Waals surface area (Å²) in [6.07, 6.45) is 0. The molecule has 2 aromatic carbocycles. The maximum atomic E-state index is 12.4. The standard InChI is InChI=1S/C22H21NO4S/c1-14-9-10-16(11-15(14)2)18-13-28-21(20(18)22(25)26-3)23-19(24)12-27-17-7-5-4-6-8-17/h4-11,13H,12H2,1-3H3,(H,23,24). The maximum absolute atomic E-state index is 12.4. The third kappa shape index (κ3) is 4.40. The molecule has 0 fully saturated rings. The zero-order valence-electron chi connectivity index (χ0n) is 15.9. The molecule has 144 valence electrons. The lowest BCUT2D eigenvalue weighted by Crippen LogP contribution is -2.21. The summed E-state index contributed by atoms with van der Waals surface area (Å²) in [7, 11) is 1.33. The van der Waals surface area contributed by atoms with Crippen LogP contribution >= 0.6 is 11.3 Å². The van der Waals surface area contributed by atoms with Crippen LogP contribution in [0.1, 0.15) is 21.5 Å². The highest BCUT2D eigenvalue weighted by molar-refractivity contribution is 7.15. The largest absolute Gasteiger partial charge is 0.484 e. The van der Waals surface area contributed by atoms with Crippen molar-refractivity contribution in [3.63, 3.8) is 0 Å². The molecule has 1 amide bonds.